The third-order valence-corrected chi connectivity index (χ3v) is 9.38. The molecule has 0 saturated carbocycles. The van der Waals surface area contributed by atoms with E-state index in [0.717, 1.165) is 60.8 Å². The molecule has 6 nitrogen and oxygen atoms in total. The summed E-state index contributed by atoms with van der Waals surface area (Å²) in [6.45, 7) is 20.0. The van der Waals surface area contributed by atoms with Gasteiger partial charge < -0.3 is 9.47 Å². The highest BCUT2D eigenvalue weighted by atomic mass is 35.5. The van der Waals surface area contributed by atoms with Crippen LogP contribution in [-0.2, 0) is 18.5 Å². The number of hydrazine groups is 1. The maximum absolute atomic E-state index is 6.42. The molecule has 1 unspecified atom stereocenters. The van der Waals surface area contributed by atoms with Crippen LogP contribution in [0.1, 0.15) is 84.5 Å². The van der Waals surface area contributed by atoms with E-state index in [0.29, 0.717) is 18.0 Å². The summed E-state index contributed by atoms with van der Waals surface area (Å²) in [5, 5.41) is 5.78. The Morgan fingerprint density at radius 3 is 2.60 bits per heavy atom. The number of unbranched alkanes of at least 4 members (excludes halogenated alkanes) is 2. The lowest BCUT2D eigenvalue weighted by molar-refractivity contribution is -0.0644. The Kier molecular flexibility index (Phi) is 8.34. The highest BCUT2D eigenvalue weighted by molar-refractivity contribution is 6.31. The molecule has 1 fully saturated rings. The number of anilines is 1. The van der Waals surface area contributed by atoms with Crippen LogP contribution in [0.5, 0.6) is 0 Å². The van der Waals surface area contributed by atoms with Gasteiger partial charge in [0.2, 0.25) is 0 Å². The van der Waals surface area contributed by atoms with Gasteiger partial charge in [0, 0.05) is 55.1 Å². The van der Waals surface area contributed by atoms with Gasteiger partial charge >= 0.3 is 0 Å². The number of aromatic nitrogens is 3. The Balaban J connectivity index is 1.41. The van der Waals surface area contributed by atoms with Gasteiger partial charge in [-0.25, -0.2) is 15.0 Å². The van der Waals surface area contributed by atoms with Crippen LogP contribution < -0.4 is 4.90 Å². The second-order valence-electron chi connectivity index (χ2n) is 13.2. The lowest BCUT2D eigenvalue weighted by Gasteiger charge is -2.46. The summed E-state index contributed by atoms with van der Waals surface area (Å²) in [7, 11) is 2.26. The standard InChI is InChI=1S/C33H47ClN6/c1-8-9-10-17-39-29-20-26(34)11-12-28(29)36-31(39)23-40-25(3)33(27-13-16-35-22-30(27)40)14-18-38(19-15-33)37(7)24(2)21-32(4,5)6/h11-13,16,20,22,24H,3,8-10,14-15,17-19,21,23H2,1-2,4-7H3. The third-order valence-electron chi connectivity index (χ3n) is 9.14. The molecule has 0 radical (unpaired) electrons. The predicted molar refractivity (Wildman–Crippen MR) is 168 cm³/mol. The fourth-order valence-electron chi connectivity index (χ4n) is 6.97. The van der Waals surface area contributed by atoms with Gasteiger partial charge in [0.25, 0.3) is 0 Å². The molecule has 40 heavy (non-hydrogen) atoms. The molecule has 7 heteroatoms. The number of hydrogen-bond donors (Lipinski definition) is 0. The van der Waals surface area contributed by atoms with Gasteiger partial charge in [-0.2, -0.15) is 0 Å². The number of aryl methyl sites for hydroxylation is 1. The first kappa shape index (κ1) is 29.1. The number of halogens is 1. The first-order chi connectivity index (χ1) is 19.0. The van der Waals surface area contributed by atoms with Gasteiger partial charge in [0.15, 0.2) is 0 Å². The number of piperidine rings is 1. The number of imidazole rings is 1. The van der Waals surface area contributed by atoms with E-state index in [2.05, 4.69) is 78.3 Å². The Morgan fingerprint density at radius 2 is 1.90 bits per heavy atom. The van der Waals surface area contributed by atoms with Crippen molar-refractivity contribution in [2.45, 2.75) is 97.7 Å². The van der Waals surface area contributed by atoms with E-state index in [9.17, 15) is 0 Å². The number of nitrogens with zero attached hydrogens (tertiary/aromatic N) is 6. The summed E-state index contributed by atoms with van der Waals surface area (Å²) in [5.41, 5.74) is 6.11. The first-order valence-corrected chi connectivity index (χ1v) is 15.5. The first-order valence-electron chi connectivity index (χ1n) is 15.1. The zero-order chi connectivity index (χ0) is 28.7. The topological polar surface area (TPSA) is 40.4 Å². The second kappa shape index (κ2) is 11.5. The zero-order valence-corrected chi connectivity index (χ0v) is 26.1. The molecule has 0 amide bonds. The van der Waals surface area contributed by atoms with Crippen LogP contribution in [-0.4, -0.2) is 50.7 Å². The largest absolute Gasteiger partial charge is 0.336 e. The Morgan fingerprint density at radius 1 is 1.15 bits per heavy atom. The molecule has 0 aliphatic carbocycles. The number of hydrogen-bond acceptors (Lipinski definition) is 5. The van der Waals surface area contributed by atoms with Crippen LogP contribution in [0.4, 0.5) is 5.69 Å². The number of allylic oxidation sites excluding steroid dienone is 1. The van der Waals surface area contributed by atoms with Crippen molar-refractivity contribution < 1.29 is 0 Å². The SMILES string of the molecule is C=C1N(Cc2nc3ccc(Cl)cc3n2CCCCC)c2cnccc2C12CCN(N(C)C(C)CC(C)(C)C)CC2. The van der Waals surface area contributed by atoms with E-state index in [4.69, 9.17) is 23.2 Å². The summed E-state index contributed by atoms with van der Waals surface area (Å²) in [5.74, 6) is 1.06. The molecule has 0 bridgehead atoms. The van der Waals surface area contributed by atoms with Crippen molar-refractivity contribution >= 4 is 28.3 Å². The van der Waals surface area contributed by atoms with Crippen LogP contribution in [0.15, 0.2) is 48.9 Å². The summed E-state index contributed by atoms with van der Waals surface area (Å²) in [6.07, 6.45) is 10.8. The smallest absolute Gasteiger partial charge is 0.129 e. The summed E-state index contributed by atoms with van der Waals surface area (Å²) in [6, 6.07) is 8.77. The molecule has 3 aromatic rings. The molecular weight excluding hydrogens is 516 g/mol. The lowest BCUT2D eigenvalue weighted by Crippen LogP contribution is -2.52. The van der Waals surface area contributed by atoms with E-state index in [1.165, 1.54) is 36.2 Å². The average Bonchev–Trinajstić information content (AvgIpc) is 3.36. The van der Waals surface area contributed by atoms with Crippen molar-refractivity contribution in [3.63, 3.8) is 0 Å². The van der Waals surface area contributed by atoms with Crippen molar-refractivity contribution in [3.8, 4) is 0 Å². The predicted octanol–water partition coefficient (Wildman–Crippen LogP) is 7.81. The van der Waals surface area contributed by atoms with Crippen molar-refractivity contribution in [1.82, 2.24) is 24.6 Å². The maximum atomic E-state index is 6.42. The fourth-order valence-corrected chi connectivity index (χ4v) is 7.14. The maximum Gasteiger partial charge on any atom is 0.129 e. The van der Waals surface area contributed by atoms with Crippen LogP contribution in [0.3, 0.4) is 0 Å². The Hall–Kier alpha value is -2.41. The normalized spacial score (nSPS) is 18.3. The molecule has 2 aliphatic heterocycles. The number of fused-ring (bicyclic) bond motifs is 3. The van der Waals surface area contributed by atoms with Crippen molar-refractivity contribution in [2.75, 3.05) is 25.0 Å². The van der Waals surface area contributed by atoms with Crippen LogP contribution in [0.2, 0.25) is 5.02 Å². The molecule has 4 heterocycles. The summed E-state index contributed by atoms with van der Waals surface area (Å²) in [4.78, 5) is 12.1. The van der Waals surface area contributed by atoms with E-state index in [-0.39, 0.29) is 5.41 Å². The minimum Gasteiger partial charge on any atom is -0.336 e. The monoisotopic (exact) mass is 562 g/mol. The quantitative estimate of drug-likeness (QED) is 0.249. The second-order valence-corrected chi connectivity index (χ2v) is 13.6. The van der Waals surface area contributed by atoms with Gasteiger partial charge in [-0.1, -0.05) is 58.7 Å². The van der Waals surface area contributed by atoms with Gasteiger partial charge in [-0.15, -0.1) is 0 Å². The van der Waals surface area contributed by atoms with Gasteiger partial charge in [0.1, 0.15) is 5.82 Å². The highest BCUT2D eigenvalue weighted by Crippen LogP contribution is 2.53. The molecule has 216 valence electrons. The number of rotatable bonds is 9. The van der Waals surface area contributed by atoms with Crippen molar-refractivity contribution in [3.05, 3.63) is 65.3 Å². The molecule has 2 aromatic heterocycles. The van der Waals surface area contributed by atoms with E-state index >= 15 is 0 Å². The molecule has 1 atom stereocenters. The van der Waals surface area contributed by atoms with E-state index in [1.807, 2.05) is 24.5 Å². The van der Waals surface area contributed by atoms with Crippen molar-refractivity contribution in [1.29, 1.82) is 0 Å². The highest BCUT2D eigenvalue weighted by Gasteiger charge is 2.48. The van der Waals surface area contributed by atoms with Crippen LogP contribution in [0, 0.1) is 5.41 Å². The molecule has 5 rings (SSSR count). The van der Waals surface area contributed by atoms with Crippen molar-refractivity contribution in [2.24, 2.45) is 5.41 Å². The molecule has 0 N–H and O–H groups in total. The molecule has 1 spiro atoms. The molecule has 1 saturated heterocycles. The lowest BCUT2D eigenvalue weighted by atomic mass is 9.73. The molecule has 1 aromatic carbocycles. The van der Waals surface area contributed by atoms with Gasteiger partial charge in [-0.05, 0) is 67.9 Å². The Labute approximate surface area is 246 Å². The summed E-state index contributed by atoms with van der Waals surface area (Å²) >= 11 is 6.42. The number of pyridine rings is 1. The van der Waals surface area contributed by atoms with E-state index in [1.54, 1.807) is 0 Å². The minimum atomic E-state index is -0.0642. The average molecular weight is 563 g/mol. The van der Waals surface area contributed by atoms with Crippen LogP contribution in [0.25, 0.3) is 11.0 Å². The minimum absolute atomic E-state index is 0.0642. The zero-order valence-electron chi connectivity index (χ0n) is 25.4. The Bertz CT molecular complexity index is 1350. The molecule has 2 aliphatic rings. The summed E-state index contributed by atoms with van der Waals surface area (Å²) < 4.78 is 2.37. The number of benzene rings is 1. The van der Waals surface area contributed by atoms with Gasteiger partial charge in [-0.3, -0.25) is 4.98 Å². The fraction of sp³-hybridized carbons (Fsp3) is 0.576. The van der Waals surface area contributed by atoms with Crippen LogP contribution >= 0.6 is 11.6 Å². The van der Waals surface area contributed by atoms with E-state index < -0.39 is 0 Å². The molecular formula is C33H47ClN6. The third kappa shape index (κ3) is 5.55. The van der Waals surface area contributed by atoms with Gasteiger partial charge in [0.05, 0.1) is 29.5 Å².